The zero-order chi connectivity index (χ0) is 14.1. The number of nitrogens with two attached hydrogens (primary N) is 1. The van der Waals surface area contributed by atoms with E-state index in [0.29, 0.717) is 5.92 Å². The normalized spacial score (nSPS) is 28.4. The molecular formula is C17H26ClN. The van der Waals surface area contributed by atoms with Crippen molar-refractivity contribution in [3.8, 4) is 0 Å². The Morgan fingerprint density at radius 2 is 1.95 bits per heavy atom. The van der Waals surface area contributed by atoms with Crippen LogP contribution in [0.3, 0.4) is 0 Å². The van der Waals surface area contributed by atoms with Gasteiger partial charge in [0, 0.05) is 10.6 Å². The summed E-state index contributed by atoms with van der Waals surface area (Å²) in [6.07, 6.45) is 5.80. The van der Waals surface area contributed by atoms with Crippen molar-refractivity contribution < 1.29 is 0 Å². The zero-order valence-corrected chi connectivity index (χ0v) is 13.1. The van der Waals surface area contributed by atoms with Crippen LogP contribution in [-0.2, 0) is 6.42 Å². The van der Waals surface area contributed by atoms with Gasteiger partial charge in [-0.1, -0.05) is 63.4 Å². The molecule has 1 fully saturated rings. The van der Waals surface area contributed by atoms with E-state index in [4.69, 9.17) is 17.3 Å². The summed E-state index contributed by atoms with van der Waals surface area (Å²) in [6, 6.07) is 8.12. The fourth-order valence-corrected chi connectivity index (χ4v) is 3.97. The van der Waals surface area contributed by atoms with Gasteiger partial charge in [-0.2, -0.15) is 0 Å². The first-order chi connectivity index (χ1) is 8.83. The van der Waals surface area contributed by atoms with Gasteiger partial charge in [0.15, 0.2) is 0 Å². The highest BCUT2D eigenvalue weighted by Gasteiger charge is 2.43. The minimum absolute atomic E-state index is 0.110. The third-order valence-electron chi connectivity index (χ3n) is 4.60. The van der Waals surface area contributed by atoms with E-state index < -0.39 is 0 Å². The van der Waals surface area contributed by atoms with Crippen LogP contribution < -0.4 is 5.73 Å². The number of hydrogen-bond acceptors (Lipinski definition) is 1. The van der Waals surface area contributed by atoms with Crippen molar-refractivity contribution in [1.82, 2.24) is 0 Å². The first-order valence-corrected chi connectivity index (χ1v) is 7.73. The molecule has 106 valence electrons. The van der Waals surface area contributed by atoms with Gasteiger partial charge in [-0.05, 0) is 42.2 Å². The van der Waals surface area contributed by atoms with Crippen LogP contribution in [0.25, 0.3) is 0 Å². The van der Waals surface area contributed by atoms with Gasteiger partial charge >= 0.3 is 0 Å². The summed E-state index contributed by atoms with van der Waals surface area (Å²) in [7, 11) is 0. The van der Waals surface area contributed by atoms with Gasteiger partial charge in [0.25, 0.3) is 0 Å². The second-order valence-electron chi connectivity index (χ2n) is 7.17. The molecule has 2 atom stereocenters. The van der Waals surface area contributed by atoms with E-state index in [1.807, 2.05) is 12.1 Å². The fraction of sp³-hybridized carbons (Fsp3) is 0.647. The van der Waals surface area contributed by atoms with Crippen LogP contribution in [0.2, 0.25) is 5.02 Å². The van der Waals surface area contributed by atoms with Gasteiger partial charge in [-0.3, -0.25) is 0 Å². The van der Waals surface area contributed by atoms with Crippen molar-refractivity contribution in [2.24, 2.45) is 17.1 Å². The summed E-state index contributed by atoms with van der Waals surface area (Å²) < 4.78 is 0. The Hall–Kier alpha value is -0.530. The van der Waals surface area contributed by atoms with Crippen LogP contribution in [0.15, 0.2) is 24.3 Å². The molecule has 1 aliphatic carbocycles. The molecule has 0 spiro atoms. The predicted molar refractivity (Wildman–Crippen MR) is 83.5 cm³/mol. The number of benzene rings is 1. The average molecular weight is 280 g/mol. The quantitative estimate of drug-likeness (QED) is 0.825. The Kier molecular flexibility index (Phi) is 4.27. The van der Waals surface area contributed by atoms with E-state index in [9.17, 15) is 0 Å². The summed E-state index contributed by atoms with van der Waals surface area (Å²) in [4.78, 5) is 0. The van der Waals surface area contributed by atoms with E-state index in [0.717, 1.165) is 17.9 Å². The molecule has 2 N–H and O–H groups in total. The number of hydrogen-bond donors (Lipinski definition) is 1. The van der Waals surface area contributed by atoms with Crippen molar-refractivity contribution >= 4 is 11.6 Å². The predicted octanol–water partition coefficient (Wildman–Crippen LogP) is 4.82. The Bertz CT molecular complexity index is 435. The Labute approximate surface area is 122 Å². The molecule has 2 unspecified atom stereocenters. The molecule has 2 heteroatoms. The molecule has 0 saturated heterocycles. The maximum Gasteiger partial charge on any atom is 0.0438 e. The highest BCUT2D eigenvalue weighted by atomic mass is 35.5. The molecule has 0 bridgehead atoms. The molecule has 0 aliphatic heterocycles. The smallest absolute Gasteiger partial charge is 0.0438 e. The first kappa shape index (κ1) is 14.9. The lowest BCUT2D eigenvalue weighted by Gasteiger charge is -2.48. The van der Waals surface area contributed by atoms with Crippen LogP contribution in [0.1, 0.15) is 52.0 Å². The van der Waals surface area contributed by atoms with Crippen molar-refractivity contribution in [3.63, 3.8) is 0 Å². The molecule has 1 nitrogen and oxygen atoms in total. The van der Waals surface area contributed by atoms with Crippen molar-refractivity contribution in [2.45, 2.75) is 58.4 Å². The molecule has 1 aromatic carbocycles. The van der Waals surface area contributed by atoms with E-state index in [-0.39, 0.29) is 11.0 Å². The Morgan fingerprint density at radius 3 is 2.58 bits per heavy atom. The molecule has 0 amide bonds. The monoisotopic (exact) mass is 279 g/mol. The largest absolute Gasteiger partial charge is 0.325 e. The minimum Gasteiger partial charge on any atom is -0.325 e. The van der Waals surface area contributed by atoms with Gasteiger partial charge in [0.2, 0.25) is 0 Å². The fourth-order valence-electron chi connectivity index (χ4n) is 3.77. The van der Waals surface area contributed by atoms with Crippen LogP contribution in [0.5, 0.6) is 0 Å². The van der Waals surface area contributed by atoms with Gasteiger partial charge in [-0.15, -0.1) is 0 Å². The standard InChI is InChI=1S/C17H26ClN/c1-16(2,3)15-10-6-7-11-17(15,19)12-13-8-4-5-9-14(13)18/h4-5,8-9,15H,6-7,10-12,19H2,1-3H3. The Balaban J connectivity index is 2.26. The van der Waals surface area contributed by atoms with Crippen LogP contribution >= 0.6 is 11.6 Å². The first-order valence-electron chi connectivity index (χ1n) is 7.35. The lowest BCUT2D eigenvalue weighted by atomic mass is 9.61. The number of halogens is 1. The van der Waals surface area contributed by atoms with Gasteiger partial charge in [0.05, 0.1) is 0 Å². The lowest BCUT2D eigenvalue weighted by Crippen LogP contribution is -2.55. The van der Waals surface area contributed by atoms with E-state index in [1.165, 1.54) is 24.8 Å². The molecule has 0 radical (unpaired) electrons. The minimum atomic E-state index is -0.110. The maximum atomic E-state index is 6.83. The van der Waals surface area contributed by atoms with Crippen molar-refractivity contribution in [1.29, 1.82) is 0 Å². The molecule has 19 heavy (non-hydrogen) atoms. The topological polar surface area (TPSA) is 26.0 Å². The summed E-state index contributed by atoms with van der Waals surface area (Å²) in [5.41, 5.74) is 8.18. The number of rotatable bonds is 2. The van der Waals surface area contributed by atoms with Gasteiger partial charge in [0.1, 0.15) is 0 Å². The van der Waals surface area contributed by atoms with E-state index in [1.54, 1.807) is 0 Å². The third kappa shape index (κ3) is 3.32. The highest BCUT2D eigenvalue weighted by molar-refractivity contribution is 6.31. The lowest BCUT2D eigenvalue weighted by molar-refractivity contribution is 0.0793. The Morgan fingerprint density at radius 1 is 1.26 bits per heavy atom. The van der Waals surface area contributed by atoms with Gasteiger partial charge in [-0.25, -0.2) is 0 Å². The summed E-state index contributed by atoms with van der Waals surface area (Å²) in [6.45, 7) is 6.95. The molecule has 1 aliphatic rings. The molecule has 0 heterocycles. The average Bonchev–Trinajstić information content (AvgIpc) is 2.31. The third-order valence-corrected chi connectivity index (χ3v) is 4.97. The second-order valence-corrected chi connectivity index (χ2v) is 7.57. The van der Waals surface area contributed by atoms with Crippen LogP contribution in [-0.4, -0.2) is 5.54 Å². The van der Waals surface area contributed by atoms with Crippen molar-refractivity contribution in [2.75, 3.05) is 0 Å². The maximum absolute atomic E-state index is 6.83. The van der Waals surface area contributed by atoms with Crippen LogP contribution in [0, 0.1) is 11.3 Å². The molecule has 0 aromatic heterocycles. The molecular weight excluding hydrogens is 254 g/mol. The summed E-state index contributed by atoms with van der Waals surface area (Å²) in [5, 5.41) is 0.852. The van der Waals surface area contributed by atoms with Crippen LogP contribution in [0.4, 0.5) is 0 Å². The molecule has 1 saturated carbocycles. The summed E-state index contributed by atoms with van der Waals surface area (Å²) in [5.74, 6) is 0.560. The molecule has 1 aromatic rings. The zero-order valence-electron chi connectivity index (χ0n) is 12.4. The SMILES string of the molecule is CC(C)(C)C1CCCCC1(N)Cc1ccccc1Cl. The van der Waals surface area contributed by atoms with E-state index in [2.05, 4.69) is 32.9 Å². The second kappa shape index (κ2) is 5.46. The highest BCUT2D eigenvalue weighted by Crippen LogP contribution is 2.44. The van der Waals surface area contributed by atoms with Gasteiger partial charge < -0.3 is 5.73 Å². The summed E-state index contributed by atoms with van der Waals surface area (Å²) >= 11 is 6.31. The molecule has 2 rings (SSSR count). The van der Waals surface area contributed by atoms with E-state index >= 15 is 0 Å². The van der Waals surface area contributed by atoms with Crippen molar-refractivity contribution in [3.05, 3.63) is 34.9 Å².